The van der Waals surface area contributed by atoms with Crippen molar-refractivity contribution in [3.63, 3.8) is 0 Å². The van der Waals surface area contributed by atoms with E-state index in [2.05, 4.69) is 4.74 Å². The first-order valence-electron chi connectivity index (χ1n) is 6.51. The zero-order valence-corrected chi connectivity index (χ0v) is 13.7. The summed E-state index contributed by atoms with van der Waals surface area (Å²) in [7, 11) is 1.70. The molecule has 7 heteroatoms. The molecule has 0 aliphatic carbocycles. The Morgan fingerprint density at radius 3 is 2.33 bits per heavy atom. The molecule has 0 aliphatic heterocycles. The van der Waals surface area contributed by atoms with Crippen LogP contribution in [0.25, 0.3) is 0 Å². The summed E-state index contributed by atoms with van der Waals surface area (Å²) < 4.78 is 41.7. The minimum absolute atomic E-state index is 0.103. The molecule has 0 heterocycles. The highest BCUT2D eigenvalue weighted by molar-refractivity contribution is 6.53. The Kier molecular flexibility index (Phi) is 6.02. The van der Waals surface area contributed by atoms with E-state index < -0.39 is 23.9 Å². The predicted molar refractivity (Wildman–Crippen MR) is 81.0 cm³/mol. The summed E-state index contributed by atoms with van der Waals surface area (Å²) in [5, 5.41) is -0.132. The lowest BCUT2D eigenvalue weighted by Crippen LogP contribution is -2.50. The molecule has 0 saturated heterocycles. The first-order valence-corrected chi connectivity index (χ1v) is 6.89. The van der Waals surface area contributed by atoms with Gasteiger partial charge in [0.2, 0.25) is 6.86 Å². The second-order valence-corrected chi connectivity index (χ2v) is 6.00. The van der Waals surface area contributed by atoms with E-state index in [1.807, 2.05) is 27.7 Å². The van der Waals surface area contributed by atoms with Gasteiger partial charge in [0.25, 0.3) is 0 Å². The van der Waals surface area contributed by atoms with Crippen molar-refractivity contribution in [1.82, 2.24) is 0 Å². The molecular weight excluding hydrogens is 300 g/mol. The molecule has 0 radical (unpaired) electrons. The molecule has 0 amide bonds. The summed E-state index contributed by atoms with van der Waals surface area (Å²) in [6, 6.07) is 2.88. The van der Waals surface area contributed by atoms with Crippen molar-refractivity contribution in [1.29, 1.82) is 0 Å². The molecule has 1 rings (SSSR count). The Balaban J connectivity index is 2.88. The van der Waals surface area contributed by atoms with Crippen LogP contribution in [0.15, 0.2) is 12.1 Å². The fourth-order valence-corrected chi connectivity index (χ4v) is 1.74. The number of benzene rings is 1. The lowest BCUT2D eigenvalue weighted by atomic mass is 9.82. The third-order valence-corrected chi connectivity index (χ3v) is 4.29. The highest BCUT2D eigenvalue weighted by Crippen LogP contribution is 2.28. The third kappa shape index (κ3) is 4.08. The van der Waals surface area contributed by atoms with Gasteiger partial charge >= 0.3 is 7.48 Å². The van der Waals surface area contributed by atoms with E-state index in [1.165, 1.54) is 6.07 Å². The number of rotatable bonds is 7. The summed E-state index contributed by atoms with van der Waals surface area (Å²) in [6.45, 7) is 6.43. The van der Waals surface area contributed by atoms with Crippen molar-refractivity contribution < 1.29 is 22.9 Å². The topological polar surface area (TPSA) is 27.7 Å². The van der Waals surface area contributed by atoms with Crippen LogP contribution in [-0.4, -0.2) is 32.7 Å². The molecule has 0 unspecified atom stereocenters. The summed E-state index contributed by atoms with van der Waals surface area (Å²) >= 11 is 5.92. The Bertz CT molecular complexity index is 495. The largest absolute Gasteiger partial charge is 0.460 e. The van der Waals surface area contributed by atoms with E-state index in [4.69, 9.17) is 21.0 Å². The first-order chi connectivity index (χ1) is 9.66. The standard InChI is InChI=1S/C14H20BClF2O3/c1-13(2,19-5)14(3,4)21-15-9-6-7-10(20-8-17)12(18)11(9)16/h6-7,15H,8H2,1-5H3. The Hall–Kier alpha value is -0.845. The van der Waals surface area contributed by atoms with Gasteiger partial charge in [0.15, 0.2) is 11.6 Å². The number of ether oxygens (including phenoxy) is 2. The van der Waals surface area contributed by atoms with Crippen molar-refractivity contribution >= 4 is 24.5 Å². The fraction of sp³-hybridized carbons (Fsp3) is 0.571. The van der Waals surface area contributed by atoms with Gasteiger partial charge in [-0.1, -0.05) is 17.7 Å². The van der Waals surface area contributed by atoms with Crippen molar-refractivity contribution in [2.45, 2.75) is 38.9 Å². The van der Waals surface area contributed by atoms with Crippen molar-refractivity contribution in [3.05, 3.63) is 23.0 Å². The monoisotopic (exact) mass is 320 g/mol. The third-order valence-electron chi connectivity index (χ3n) is 3.89. The van der Waals surface area contributed by atoms with Crippen LogP contribution in [0.4, 0.5) is 8.78 Å². The molecule has 0 fully saturated rings. The van der Waals surface area contributed by atoms with Crippen LogP contribution in [-0.2, 0) is 9.39 Å². The molecule has 0 aliphatic rings. The van der Waals surface area contributed by atoms with Gasteiger partial charge < -0.3 is 14.1 Å². The Morgan fingerprint density at radius 2 is 1.81 bits per heavy atom. The van der Waals surface area contributed by atoms with E-state index in [1.54, 1.807) is 13.2 Å². The highest BCUT2D eigenvalue weighted by Gasteiger charge is 2.38. The van der Waals surface area contributed by atoms with E-state index in [9.17, 15) is 8.78 Å². The minimum Gasteiger partial charge on any atom is -0.460 e. The van der Waals surface area contributed by atoms with Crippen LogP contribution in [0.3, 0.4) is 0 Å². The second kappa shape index (κ2) is 6.94. The van der Waals surface area contributed by atoms with Gasteiger partial charge in [-0.2, -0.15) is 0 Å². The molecule has 0 atom stereocenters. The lowest BCUT2D eigenvalue weighted by molar-refractivity contribution is -0.114. The molecule has 1 aromatic rings. The van der Waals surface area contributed by atoms with Gasteiger partial charge in [-0.15, -0.1) is 0 Å². The molecular formula is C14H20BClF2O3. The molecule has 0 aromatic heterocycles. The maximum atomic E-state index is 13.9. The first kappa shape index (κ1) is 18.2. The molecule has 1 aromatic carbocycles. The second-order valence-electron chi connectivity index (χ2n) is 5.62. The average Bonchev–Trinajstić information content (AvgIpc) is 2.43. The lowest BCUT2D eigenvalue weighted by Gasteiger charge is -2.40. The van der Waals surface area contributed by atoms with Gasteiger partial charge in [0, 0.05) is 7.11 Å². The molecule has 0 bridgehead atoms. The normalized spacial score (nSPS) is 12.4. The minimum atomic E-state index is -1.11. The van der Waals surface area contributed by atoms with E-state index in [0.717, 1.165) is 0 Å². The molecule has 0 spiro atoms. The molecule has 0 saturated carbocycles. The molecule has 118 valence electrons. The van der Waals surface area contributed by atoms with Crippen LogP contribution >= 0.6 is 11.6 Å². The number of hydrogen-bond donors (Lipinski definition) is 0. The number of alkyl halides is 1. The molecule has 21 heavy (non-hydrogen) atoms. The Morgan fingerprint density at radius 1 is 1.19 bits per heavy atom. The SMILES string of the molecule is COC(C)(C)C(C)(C)OBc1ccc(OCF)c(F)c1Cl. The summed E-state index contributed by atoms with van der Waals surface area (Å²) in [5.41, 5.74) is -0.689. The number of halogens is 3. The Labute approximate surface area is 129 Å². The van der Waals surface area contributed by atoms with Gasteiger partial charge in [-0.05, 0) is 39.2 Å². The quantitative estimate of drug-likeness (QED) is 0.723. The zero-order chi connectivity index (χ0) is 16.3. The van der Waals surface area contributed by atoms with Crippen LogP contribution in [0.5, 0.6) is 5.75 Å². The maximum absolute atomic E-state index is 13.9. The highest BCUT2D eigenvalue weighted by atomic mass is 35.5. The van der Waals surface area contributed by atoms with Gasteiger partial charge in [0.05, 0.1) is 16.2 Å². The molecule has 3 nitrogen and oxygen atoms in total. The number of methoxy groups -OCH3 is 1. The smallest absolute Gasteiger partial charge is 0.311 e. The van der Waals surface area contributed by atoms with E-state index >= 15 is 0 Å². The van der Waals surface area contributed by atoms with Gasteiger partial charge in [0.1, 0.15) is 0 Å². The van der Waals surface area contributed by atoms with Gasteiger partial charge in [-0.3, -0.25) is 0 Å². The summed E-state index contributed by atoms with van der Waals surface area (Å²) in [6.07, 6.45) is 0. The summed E-state index contributed by atoms with van der Waals surface area (Å²) in [5.74, 6) is -1.01. The van der Waals surface area contributed by atoms with E-state index in [-0.39, 0.29) is 18.3 Å². The van der Waals surface area contributed by atoms with Gasteiger partial charge in [-0.25, -0.2) is 8.78 Å². The van der Waals surface area contributed by atoms with Crippen LogP contribution in [0.1, 0.15) is 27.7 Å². The predicted octanol–water partition coefficient (Wildman–Crippen LogP) is 2.98. The number of hydrogen-bond acceptors (Lipinski definition) is 3. The zero-order valence-electron chi connectivity index (χ0n) is 12.9. The van der Waals surface area contributed by atoms with Crippen LogP contribution in [0, 0.1) is 5.82 Å². The maximum Gasteiger partial charge on any atom is 0.311 e. The van der Waals surface area contributed by atoms with E-state index in [0.29, 0.717) is 5.46 Å². The van der Waals surface area contributed by atoms with Crippen molar-refractivity contribution in [2.75, 3.05) is 14.0 Å². The van der Waals surface area contributed by atoms with Crippen molar-refractivity contribution in [3.8, 4) is 5.75 Å². The van der Waals surface area contributed by atoms with Crippen molar-refractivity contribution in [2.24, 2.45) is 0 Å². The fourth-order valence-electron chi connectivity index (χ4n) is 1.53. The summed E-state index contributed by atoms with van der Waals surface area (Å²) in [4.78, 5) is 0. The van der Waals surface area contributed by atoms with Crippen LogP contribution in [0.2, 0.25) is 5.02 Å². The van der Waals surface area contributed by atoms with Crippen LogP contribution < -0.4 is 10.2 Å². The molecule has 0 N–H and O–H groups in total. The average molecular weight is 321 g/mol.